The molecule has 0 aliphatic carbocycles. The van der Waals surface area contributed by atoms with Gasteiger partial charge in [0.05, 0.1) is 15.5 Å². The molecule has 0 radical (unpaired) electrons. The van der Waals surface area contributed by atoms with Gasteiger partial charge in [-0.1, -0.05) is 0 Å². The zero-order valence-corrected chi connectivity index (χ0v) is 13.0. The van der Waals surface area contributed by atoms with Gasteiger partial charge in [-0.25, -0.2) is 4.98 Å². The third-order valence-corrected chi connectivity index (χ3v) is 4.41. The topological polar surface area (TPSA) is 28.2 Å². The van der Waals surface area contributed by atoms with Crippen LogP contribution in [0.4, 0.5) is 11.5 Å². The molecule has 2 aromatic rings. The fourth-order valence-corrected chi connectivity index (χ4v) is 3.16. The highest BCUT2D eigenvalue weighted by Crippen LogP contribution is 2.31. The van der Waals surface area contributed by atoms with Gasteiger partial charge in [-0.05, 0) is 47.1 Å². The van der Waals surface area contributed by atoms with E-state index < -0.39 is 0 Å². The number of aromatic nitrogens is 1. The highest BCUT2D eigenvalue weighted by Gasteiger charge is 2.11. The molecule has 5 heteroatoms. The summed E-state index contributed by atoms with van der Waals surface area (Å²) in [4.78, 5) is 7.70. The molecule has 1 atom stereocenters. The fraction of sp³-hybridized carbons (Fsp3) is 0.308. The van der Waals surface area contributed by atoms with Crippen LogP contribution in [0.5, 0.6) is 0 Å². The molecule has 96 valence electrons. The van der Waals surface area contributed by atoms with Gasteiger partial charge in [0.15, 0.2) is 5.82 Å². The molecule has 0 fully saturated rings. The minimum atomic E-state index is 0.268. The molecule has 0 aromatic carbocycles. The maximum absolute atomic E-state index is 4.39. The molecule has 0 aliphatic heterocycles. The van der Waals surface area contributed by atoms with E-state index in [9.17, 15) is 0 Å². The lowest BCUT2D eigenvalue weighted by Gasteiger charge is -2.20. The maximum atomic E-state index is 4.39. The normalized spacial score (nSPS) is 12.2. The van der Waals surface area contributed by atoms with Crippen LogP contribution in [0.1, 0.15) is 17.8 Å². The zero-order chi connectivity index (χ0) is 13.1. The molecular weight excluding hydrogens is 310 g/mol. The van der Waals surface area contributed by atoms with E-state index in [1.807, 2.05) is 31.3 Å². The Kier molecular flexibility index (Phi) is 4.24. The summed E-state index contributed by atoms with van der Waals surface area (Å²) in [5.74, 6) is 0.958. The van der Waals surface area contributed by atoms with E-state index in [-0.39, 0.29) is 6.04 Å². The van der Waals surface area contributed by atoms with Gasteiger partial charge in [0, 0.05) is 25.2 Å². The van der Waals surface area contributed by atoms with E-state index in [0.717, 1.165) is 15.3 Å². The Balaban J connectivity index is 2.19. The van der Waals surface area contributed by atoms with Crippen molar-refractivity contribution in [1.82, 2.24) is 4.98 Å². The number of rotatable bonds is 4. The summed E-state index contributed by atoms with van der Waals surface area (Å²) in [6.07, 6.45) is 1.81. The first-order valence-electron chi connectivity index (χ1n) is 5.72. The standard InChI is InChI=1S/C13H16BrN3S/c1-9(11-6-7-12(14)18-11)16-10-5-4-8-15-13(10)17(2)3/h4-9,16H,1-3H3. The summed E-state index contributed by atoms with van der Waals surface area (Å²) < 4.78 is 1.16. The molecule has 2 heterocycles. The Morgan fingerprint density at radius 3 is 2.72 bits per heavy atom. The Morgan fingerprint density at radius 2 is 2.11 bits per heavy atom. The zero-order valence-electron chi connectivity index (χ0n) is 10.6. The molecule has 2 aromatic heterocycles. The minimum absolute atomic E-state index is 0.268. The highest BCUT2D eigenvalue weighted by atomic mass is 79.9. The molecule has 1 N–H and O–H groups in total. The van der Waals surface area contributed by atoms with Gasteiger partial charge >= 0.3 is 0 Å². The predicted octanol–water partition coefficient (Wildman–Crippen LogP) is 4.14. The van der Waals surface area contributed by atoms with Gasteiger partial charge in [-0.15, -0.1) is 11.3 Å². The van der Waals surface area contributed by atoms with Gasteiger partial charge < -0.3 is 10.2 Å². The van der Waals surface area contributed by atoms with Crippen molar-refractivity contribution in [2.45, 2.75) is 13.0 Å². The summed E-state index contributed by atoms with van der Waals surface area (Å²) in [7, 11) is 4.00. The number of pyridine rings is 1. The SMILES string of the molecule is CC(Nc1cccnc1N(C)C)c1ccc(Br)s1. The first-order valence-corrected chi connectivity index (χ1v) is 7.33. The van der Waals surface area contributed by atoms with Gasteiger partial charge in [0.1, 0.15) is 0 Å². The second kappa shape index (κ2) is 5.71. The van der Waals surface area contributed by atoms with E-state index in [2.05, 4.69) is 51.4 Å². The van der Waals surface area contributed by atoms with E-state index in [1.165, 1.54) is 4.88 Å². The summed E-state index contributed by atoms with van der Waals surface area (Å²) in [6.45, 7) is 2.16. The summed E-state index contributed by atoms with van der Waals surface area (Å²) in [5, 5.41) is 3.51. The molecule has 1 unspecified atom stereocenters. The van der Waals surface area contributed by atoms with Crippen molar-refractivity contribution in [3.8, 4) is 0 Å². The van der Waals surface area contributed by atoms with Crippen LogP contribution in [0.3, 0.4) is 0 Å². The van der Waals surface area contributed by atoms with E-state index in [4.69, 9.17) is 0 Å². The molecule has 0 saturated carbocycles. The van der Waals surface area contributed by atoms with Crippen LogP contribution in [0.2, 0.25) is 0 Å². The van der Waals surface area contributed by atoms with Crippen molar-refractivity contribution in [2.24, 2.45) is 0 Å². The Morgan fingerprint density at radius 1 is 1.33 bits per heavy atom. The van der Waals surface area contributed by atoms with Crippen LogP contribution in [0.15, 0.2) is 34.2 Å². The minimum Gasteiger partial charge on any atom is -0.375 e. The molecule has 0 saturated heterocycles. The van der Waals surface area contributed by atoms with Gasteiger partial charge in [-0.2, -0.15) is 0 Å². The van der Waals surface area contributed by atoms with Crippen LogP contribution in [0, 0.1) is 0 Å². The van der Waals surface area contributed by atoms with Crippen molar-refractivity contribution >= 4 is 38.8 Å². The summed E-state index contributed by atoms with van der Waals surface area (Å²) in [5.41, 5.74) is 1.06. The largest absolute Gasteiger partial charge is 0.375 e. The first-order chi connectivity index (χ1) is 8.58. The van der Waals surface area contributed by atoms with Crippen LogP contribution >= 0.6 is 27.3 Å². The van der Waals surface area contributed by atoms with Crippen LogP contribution in [0.25, 0.3) is 0 Å². The molecule has 0 spiro atoms. The lowest BCUT2D eigenvalue weighted by Crippen LogP contribution is -2.15. The lowest BCUT2D eigenvalue weighted by atomic mass is 10.2. The summed E-state index contributed by atoms with van der Waals surface area (Å²) in [6, 6.07) is 8.49. The molecule has 3 nitrogen and oxygen atoms in total. The molecule has 0 amide bonds. The second-order valence-electron chi connectivity index (χ2n) is 4.28. The monoisotopic (exact) mass is 325 g/mol. The number of halogens is 1. The lowest BCUT2D eigenvalue weighted by molar-refractivity contribution is 0.901. The van der Waals surface area contributed by atoms with Crippen molar-refractivity contribution < 1.29 is 0 Å². The Hall–Kier alpha value is -1.07. The Labute approximate surface area is 120 Å². The van der Waals surface area contributed by atoms with Crippen molar-refractivity contribution in [3.63, 3.8) is 0 Å². The number of hydrogen-bond donors (Lipinski definition) is 1. The smallest absolute Gasteiger partial charge is 0.151 e. The quantitative estimate of drug-likeness (QED) is 0.915. The number of nitrogens with one attached hydrogen (secondary N) is 1. The van der Waals surface area contributed by atoms with E-state index in [1.54, 1.807) is 11.3 Å². The first kappa shape index (κ1) is 13.4. The molecule has 2 rings (SSSR count). The van der Waals surface area contributed by atoms with E-state index in [0.29, 0.717) is 0 Å². The van der Waals surface area contributed by atoms with Crippen LogP contribution in [-0.2, 0) is 0 Å². The van der Waals surface area contributed by atoms with Crippen LogP contribution in [-0.4, -0.2) is 19.1 Å². The second-order valence-corrected chi connectivity index (χ2v) is 6.77. The van der Waals surface area contributed by atoms with Gasteiger partial charge in [0.25, 0.3) is 0 Å². The average Bonchev–Trinajstić information content (AvgIpc) is 2.76. The maximum Gasteiger partial charge on any atom is 0.151 e. The number of hydrogen-bond acceptors (Lipinski definition) is 4. The molecular formula is C13H16BrN3S. The average molecular weight is 326 g/mol. The molecule has 0 bridgehead atoms. The van der Waals surface area contributed by atoms with Gasteiger partial charge in [0.2, 0.25) is 0 Å². The fourth-order valence-electron chi connectivity index (χ4n) is 1.73. The highest BCUT2D eigenvalue weighted by molar-refractivity contribution is 9.11. The number of nitrogens with zero attached hydrogens (tertiary/aromatic N) is 2. The van der Waals surface area contributed by atoms with Crippen LogP contribution < -0.4 is 10.2 Å². The molecule has 18 heavy (non-hydrogen) atoms. The Bertz CT molecular complexity index is 524. The van der Waals surface area contributed by atoms with E-state index >= 15 is 0 Å². The summed E-state index contributed by atoms with van der Waals surface area (Å²) >= 11 is 5.24. The van der Waals surface area contributed by atoms with Crippen molar-refractivity contribution in [1.29, 1.82) is 0 Å². The number of thiophene rings is 1. The third kappa shape index (κ3) is 3.03. The predicted molar refractivity (Wildman–Crippen MR) is 82.6 cm³/mol. The van der Waals surface area contributed by atoms with Gasteiger partial charge in [-0.3, -0.25) is 0 Å². The third-order valence-electron chi connectivity index (χ3n) is 2.60. The van der Waals surface area contributed by atoms with Crippen molar-refractivity contribution in [2.75, 3.05) is 24.3 Å². The number of anilines is 2. The molecule has 0 aliphatic rings. The van der Waals surface area contributed by atoms with Crippen molar-refractivity contribution in [3.05, 3.63) is 39.1 Å².